The normalized spacial score (nSPS) is 14.7. The number of aliphatic hydroxyl groups is 2. The molecule has 0 amide bonds. The number of esters is 2. The highest BCUT2D eigenvalue weighted by atomic mass is 31.2. The number of hydrogen-bond acceptors (Lipinski definition) is 9. The average molecular weight is 821 g/mol. The summed E-state index contributed by atoms with van der Waals surface area (Å²) in [7, 11) is -4.63. The van der Waals surface area contributed by atoms with Crippen molar-refractivity contribution in [2.45, 2.75) is 167 Å². The van der Waals surface area contributed by atoms with Gasteiger partial charge in [0.05, 0.1) is 19.8 Å². The minimum Gasteiger partial charge on any atom is -0.462 e. The highest BCUT2D eigenvalue weighted by Gasteiger charge is 2.27. The molecule has 0 aromatic heterocycles. The first-order chi connectivity index (χ1) is 27.7. The fourth-order valence-corrected chi connectivity index (χ4v) is 6.03. The van der Waals surface area contributed by atoms with E-state index in [0.717, 1.165) is 89.9 Å². The van der Waals surface area contributed by atoms with Crippen molar-refractivity contribution in [1.82, 2.24) is 0 Å². The second-order valence-electron chi connectivity index (χ2n) is 14.0. The predicted octanol–water partition coefficient (Wildman–Crippen LogP) is 11.4. The first kappa shape index (κ1) is 54.2. The van der Waals surface area contributed by atoms with Gasteiger partial charge in [0, 0.05) is 12.8 Å². The van der Waals surface area contributed by atoms with Crippen LogP contribution in [0.15, 0.2) is 85.1 Å². The van der Waals surface area contributed by atoms with Crippen molar-refractivity contribution in [3.63, 3.8) is 0 Å². The van der Waals surface area contributed by atoms with E-state index in [2.05, 4.69) is 103 Å². The highest BCUT2D eigenvalue weighted by Crippen LogP contribution is 2.43. The van der Waals surface area contributed by atoms with Gasteiger partial charge in [-0.15, -0.1) is 0 Å². The van der Waals surface area contributed by atoms with Gasteiger partial charge < -0.3 is 24.6 Å². The van der Waals surface area contributed by atoms with E-state index in [4.69, 9.17) is 19.1 Å². The minimum absolute atomic E-state index is 0.154. The molecule has 326 valence electrons. The summed E-state index contributed by atoms with van der Waals surface area (Å²) in [6, 6.07) is 0. The maximum atomic E-state index is 12.6. The second kappa shape index (κ2) is 41.3. The van der Waals surface area contributed by atoms with Crippen LogP contribution in [0.3, 0.4) is 0 Å². The van der Waals surface area contributed by atoms with Crippen LogP contribution in [0, 0.1) is 0 Å². The fraction of sp³-hybridized carbons (Fsp3) is 0.652. The summed E-state index contributed by atoms with van der Waals surface area (Å²) in [6.45, 7) is 2.17. The maximum Gasteiger partial charge on any atom is 0.472 e. The molecule has 0 heterocycles. The van der Waals surface area contributed by atoms with Crippen molar-refractivity contribution >= 4 is 19.8 Å². The number of phosphoric acid groups is 1. The second-order valence-corrected chi connectivity index (χ2v) is 15.5. The van der Waals surface area contributed by atoms with Crippen LogP contribution in [0.1, 0.15) is 155 Å². The third-order valence-electron chi connectivity index (χ3n) is 8.56. The molecule has 3 atom stereocenters. The predicted molar refractivity (Wildman–Crippen MR) is 233 cm³/mol. The molecule has 1 unspecified atom stereocenters. The summed E-state index contributed by atoms with van der Waals surface area (Å²) >= 11 is 0. The molecule has 0 aliphatic heterocycles. The Balaban J connectivity index is 4.41. The Kier molecular flexibility index (Phi) is 39.2. The molecular weight excluding hydrogens is 743 g/mol. The highest BCUT2D eigenvalue weighted by molar-refractivity contribution is 7.47. The molecule has 11 heteroatoms. The van der Waals surface area contributed by atoms with Crippen LogP contribution in [0.5, 0.6) is 0 Å². The van der Waals surface area contributed by atoms with Gasteiger partial charge in [0.15, 0.2) is 6.10 Å². The molecule has 0 aromatic carbocycles. The quantitative estimate of drug-likeness (QED) is 0.0180. The lowest BCUT2D eigenvalue weighted by molar-refractivity contribution is -0.161. The maximum absolute atomic E-state index is 12.6. The van der Waals surface area contributed by atoms with E-state index in [1.165, 1.54) is 25.7 Å². The Morgan fingerprint density at radius 1 is 0.561 bits per heavy atom. The topological polar surface area (TPSA) is 149 Å². The smallest absolute Gasteiger partial charge is 0.462 e. The van der Waals surface area contributed by atoms with E-state index in [-0.39, 0.29) is 19.4 Å². The lowest BCUT2D eigenvalue weighted by Gasteiger charge is -2.20. The molecule has 57 heavy (non-hydrogen) atoms. The molecule has 0 spiro atoms. The van der Waals surface area contributed by atoms with E-state index in [1.54, 1.807) is 0 Å². The minimum atomic E-state index is -4.63. The van der Waals surface area contributed by atoms with Gasteiger partial charge in [-0.2, -0.15) is 0 Å². The van der Waals surface area contributed by atoms with Crippen molar-refractivity contribution in [3.05, 3.63) is 85.1 Å². The van der Waals surface area contributed by atoms with Crippen molar-refractivity contribution in [2.24, 2.45) is 0 Å². The molecule has 0 bridgehead atoms. The third kappa shape index (κ3) is 41.1. The number of carbonyl (C=O) groups is 2. The van der Waals surface area contributed by atoms with Gasteiger partial charge in [-0.25, -0.2) is 4.57 Å². The third-order valence-corrected chi connectivity index (χ3v) is 9.51. The summed E-state index contributed by atoms with van der Waals surface area (Å²) in [5.41, 5.74) is 0. The summed E-state index contributed by atoms with van der Waals surface area (Å²) in [5.74, 6) is -0.989. The molecule has 0 aromatic rings. The average Bonchev–Trinajstić information content (AvgIpc) is 3.20. The first-order valence-electron chi connectivity index (χ1n) is 21.6. The molecule has 10 nitrogen and oxygen atoms in total. The summed E-state index contributed by atoms with van der Waals surface area (Å²) in [4.78, 5) is 35.0. The van der Waals surface area contributed by atoms with Gasteiger partial charge in [-0.05, 0) is 83.5 Å². The van der Waals surface area contributed by atoms with Gasteiger partial charge in [0.2, 0.25) is 0 Å². The van der Waals surface area contributed by atoms with Crippen LogP contribution in [0.25, 0.3) is 0 Å². The number of hydrogen-bond donors (Lipinski definition) is 3. The molecule has 0 saturated heterocycles. The SMILES string of the molecule is CC/C=C/C/C=C/C/C=C/C/C=C/C/C=C/CCCCCC(=O)OC[C@H](COP(=O)(O)OC[C@@H](O)CO)OC(=O)CCCCCCC/C=C/C=C/CCCCCC. The molecule has 0 aliphatic carbocycles. The number of allylic oxidation sites excluding steroid dienone is 14. The van der Waals surface area contributed by atoms with Gasteiger partial charge in [-0.1, -0.05) is 144 Å². The standard InChI is InChI=1S/C46H77O10P/c1-3-5-7-9-11-13-15-17-19-20-21-22-24-25-27-29-31-33-35-37-45(49)53-41-44(42-55-57(51,52)54-40-43(48)39-47)56-46(50)38-36-34-32-30-28-26-23-18-16-14-12-10-8-6-4-2/h5,7,11,13-14,16-19,21-23,25,27,43-44,47-48H,3-4,6,8-10,12,15,20,24,26,28-42H2,1-2H3,(H,51,52)/b7-5+,13-11+,16-14+,19-17+,22-21+,23-18+,27-25+/t43-,44+/m0/s1. The van der Waals surface area contributed by atoms with Crippen LogP contribution in [0.2, 0.25) is 0 Å². The lowest BCUT2D eigenvalue weighted by Crippen LogP contribution is -2.29. The molecule has 3 N–H and O–H groups in total. The van der Waals surface area contributed by atoms with Gasteiger partial charge >= 0.3 is 19.8 Å². The molecule has 0 fully saturated rings. The molecular formula is C46H77O10P. The zero-order valence-electron chi connectivity index (χ0n) is 35.3. The Bertz CT molecular complexity index is 1220. The van der Waals surface area contributed by atoms with Crippen molar-refractivity contribution in [1.29, 1.82) is 0 Å². The largest absolute Gasteiger partial charge is 0.472 e. The Morgan fingerprint density at radius 2 is 1.02 bits per heavy atom. The van der Waals surface area contributed by atoms with Crippen LogP contribution in [0.4, 0.5) is 0 Å². The Hall–Kier alpha value is -2.85. The Morgan fingerprint density at radius 3 is 1.58 bits per heavy atom. The number of aliphatic hydroxyl groups excluding tert-OH is 2. The van der Waals surface area contributed by atoms with E-state index in [9.17, 15) is 24.2 Å². The monoisotopic (exact) mass is 821 g/mol. The molecule has 0 radical (unpaired) electrons. The van der Waals surface area contributed by atoms with Crippen LogP contribution >= 0.6 is 7.82 Å². The van der Waals surface area contributed by atoms with Crippen LogP contribution < -0.4 is 0 Å². The van der Waals surface area contributed by atoms with E-state index < -0.39 is 51.8 Å². The molecule has 0 rings (SSSR count). The fourth-order valence-electron chi connectivity index (χ4n) is 5.24. The van der Waals surface area contributed by atoms with Crippen LogP contribution in [-0.2, 0) is 32.7 Å². The number of ether oxygens (including phenoxy) is 2. The van der Waals surface area contributed by atoms with Gasteiger partial charge in [0.25, 0.3) is 0 Å². The number of rotatable bonds is 39. The van der Waals surface area contributed by atoms with Crippen molar-refractivity contribution < 1.29 is 47.8 Å². The van der Waals surface area contributed by atoms with Crippen molar-refractivity contribution in [2.75, 3.05) is 26.4 Å². The van der Waals surface area contributed by atoms with E-state index >= 15 is 0 Å². The lowest BCUT2D eigenvalue weighted by atomic mass is 10.1. The zero-order chi connectivity index (χ0) is 41.9. The van der Waals surface area contributed by atoms with E-state index in [0.29, 0.717) is 12.8 Å². The van der Waals surface area contributed by atoms with Gasteiger partial charge in [0.1, 0.15) is 12.7 Å². The van der Waals surface area contributed by atoms with Crippen molar-refractivity contribution in [3.8, 4) is 0 Å². The van der Waals surface area contributed by atoms with E-state index in [1.807, 2.05) is 0 Å². The summed E-state index contributed by atoms with van der Waals surface area (Å²) < 4.78 is 32.7. The van der Waals surface area contributed by atoms with Crippen LogP contribution in [-0.4, -0.2) is 65.7 Å². The first-order valence-corrected chi connectivity index (χ1v) is 23.1. The molecule has 0 saturated carbocycles. The number of carbonyl (C=O) groups excluding carboxylic acids is 2. The van der Waals surface area contributed by atoms with Gasteiger partial charge in [-0.3, -0.25) is 18.6 Å². The summed E-state index contributed by atoms with van der Waals surface area (Å²) in [6.07, 6.45) is 48.3. The molecule has 0 aliphatic rings. The zero-order valence-corrected chi connectivity index (χ0v) is 36.2. The number of phosphoric ester groups is 1. The Labute approximate surface area is 345 Å². The number of unbranched alkanes of at least 4 members (excludes halogenated alkanes) is 12. The summed E-state index contributed by atoms with van der Waals surface area (Å²) in [5, 5.41) is 18.3.